The van der Waals surface area contributed by atoms with E-state index in [0.29, 0.717) is 58.8 Å². The first-order chi connectivity index (χ1) is 18.8. The minimum Gasteiger partial charge on any atom is -0.444 e. The maximum absolute atomic E-state index is 13.1. The maximum atomic E-state index is 13.1. The van der Waals surface area contributed by atoms with E-state index in [1.165, 1.54) is 32.6 Å². The number of ether oxygens (including phenoxy) is 1. The topological polar surface area (TPSA) is 93.7 Å². The summed E-state index contributed by atoms with van der Waals surface area (Å²) in [5.41, 5.74) is -0.513. The van der Waals surface area contributed by atoms with Crippen LogP contribution in [0.4, 0.5) is 4.79 Å². The second-order valence-electron chi connectivity index (χ2n) is 12.0. The van der Waals surface area contributed by atoms with Crippen LogP contribution < -0.4 is 0 Å². The Labute approximate surface area is 243 Å². The predicted molar refractivity (Wildman–Crippen MR) is 159 cm³/mol. The van der Waals surface area contributed by atoms with Crippen LogP contribution in [0.1, 0.15) is 92.9 Å². The molecule has 0 N–H and O–H groups in total. The first-order valence-electron chi connectivity index (χ1n) is 15.3. The molecule has 0 aromatic rings. The largest absolute Gasteiger partial charge is 0.444 e. The molecule has 4 amide bonds. The number of piperazine rings is 1. The van der Waals surface area contributed by atoms with Crippen LogP contribution in [0, 0.1) is 0 Å². The zero-order chi connectivity index (χ0) is 30.1. The zero-order valence-corrected chi connectivity index (χ0v) is 26.5. The van der Waals surface area contributed by atoms with Gasteiger partial charge in [0.15, 0.2) is 0 Å². The van der Waals surface area contributed by atoms with Crippen LogP contribution in [-0.2, 0) is 19.1 Å². The van der Waals surface area contributed by atoms with Crippen molar-refractivity contribution >= 4 is 23.8 Å². The molecule has 0 saturated carbocycles. The molecule has 10 heteroatoms. The molecule has 0 aromatic carbocycles. The first kappa shape index (κ1) is 35.7. The van der Waals surface area contributed by atoms with Gasteiger partial charge in [0.25, 0.3) is 0 Å². The van der Waals surface area contributed by atoms with Crippen molar-refractivity contribution in [2.45, 2.75) is 98.5 Å². The van der Waals surface area contributed by atoms with Gasteiger partial charge in [-0.2, -0.15) is 0 Å². The number of amides is 4. The highest BCUT2D eigenvalue weighted by molar-refractivity contribution is 5.77. The highest BCUT2D eigenvalue weighted by Gasteiger charge is 2.26. The number of rotatable bonds is 17. The average molecular weight is 568 g/mol. The van der Waals surface area contributed by atoms with Gasteiger partial charge in [0, 0.05) is 92.8 Å². The van der Waals surface area contributed by atoms with E-state index in [1.54, 1.807) is 28.7 Å². The summed E-state index contributed by atoms with van der Waals surface area (Å²) >= 11 is 0. The molecular weight excluding hydrogens is 510 g/mol. The molecule has 0 radical (unpaired) electrons. The van der Waals surface area contributed by atoms with Gasteiger partial charge in [-0.15, -0.1) is 0 Å². The van der Waals surface area contributed by atoms with Crippen molar-refractivity contribution in [2.75, 3.05) is 72.5 Å². The molecule has 1 aliphatic heterocycles. The molecule has 0 aromatic heterocycles. The molecule has 1 heterocycles. The first-order valence-corrected chi connectivity index (χ1v) is 15.3. The Morgan fingerprint density at radius 1 is 0.725 bits per heavy atom. The summed E-state index contributed by atoms with van der Waals surface area (Å²) in [6.45, 7) is 16.7. The van der Waals surface area contributed by atoms with Gasteiger partial charge in [-0.3, -0.25) is 19.3 Å². The zero-order valence-electron chi connectivity index (χ0n) is 26.5. The van der Waals surface area contributed by atoms with Crippen molar-refractivity contribution in [3.05, 3.63) is 0 Å². The summed E-state index contributed by atoms with van der Waals surface area (Å²) in [7, 11) is 1.74. The molecule has 1 rings (SSSR count). The van der Waals surface area contributed by atoms with Gasteiger partial charge in [-0.25, -0.2) is 4.79 Å². The SMILES string of the molecule is CCCCCCCCCC(=O)N(CCN(C)C(C)=O)CCN(CCN1CCN(C(=O)OC(C)(C)C)CC1)C(C)=O. The van der Waals surface area contributed by atoms with Crippen molar-refractivity contribution in [3.63, 3.8) is 0 Å². The van der Waals surface area contributed by atoms with Crippen LogP contribution in [0.2, 0.25) is 0 Å². The van der Waals surface area contributed by atoms with E-state index < -0.39 is 5.60 Å². The number of hydrogen-bond acceptors (Lipinski definition) is 6. The summed E-state index contributed by atoms with van der Waals surface area (Å²) in [5.74, 6) is 0.0385. The number of nitrogens with zero attached hydrogens (tertiary/aromatic N) is 5. The molecular formula is C30H57N5O5. The van der Waals surface area contributed by atoms with Gasteiger partial charge in [0.05, 0.1) is 0 Å². The van der Waals surface area contributed by atoms with Crippen LogP contribution in [0.5, 0.6) is 0 Å². The van der Waals surface area contributed by atoms with Crippen LogP contribution >= 0.6 is 0 Å². The van der Waals surface area contributed by atoms with Crippen LogP contribution in [0.15, 0.2) is 0 Å². The third kappa shape index (κ3) is 15.4. The molecule has 232 valence electrons. The normalized spacial score (nSPS) is 14.1. The Morgan fingerprint density at radius 3 is 1.82 bits per heavy atom. The van der Waals surface area contributed by atoms with E-state index in [1.807, 2.05) is 25.7 Å². The van der Waals surface area contributed by atoms with Crippen molar-refractivity contribution in [1.29, 1.82) is 0 Å². The van der Waals surface area contributed by atoms with Gasteiger partial charge < -0.3 is 24.3 Å². The van der Waals surface area contributed by atoms with E-state index in [-0.39, 0.29) is 23.8 Å². The minimum atomic E-state index is -0.513. The van der Waals surface area contributed by atoms with Gasteiger partial charge >= 0.3 is 6.09 Å². The molecule has 0 spiro atoms. The molecule has 10 nitrogen and oxygen atoms in total. The fourth-order valence-corrected chi connectivity index (χ4v) is 4.59. The van der Waals surface area contributed by atoms with Crippen molar-refractivity contribution in [3.8, 4) is 0 Å². The molecule has 0 atom stereocenters. The summed E-state index contributed by atoms with van der Waals surface area (Å²) in [6, 6.07) is 0. The lowest BCUT2D eigenvalue weighted by atomic mass is 10.1. The number of likely N-dealkylation sites (N-methyl/N-ethyl adjacent to an activating group) is 1. The van der Waals surface area contributed by atoms with Crippen LogP contribution in [0.3, 0.4) is 0 Å². The Bertz CT molecular complexity index is 777. The molecule has 1 fully saturated rings. The third-order valence-corrected chi connectivity index (χ3v) is 7.39. The smallest absolute Gasteiger partial charge is 0.410 e. The Morgan fingerprint density at radius 2 is 1.27 bits per heavy atom. The molecule has 40 heavy (non-hydrogen) atoms. The van der Waals surface area contributed by atoms with Crippen molar-refractivity contribution in [1.82, 2.24) is 24.5 Å². The van der Waals surface area contributed by atoms with Crippen LogP contribution in [0.25, 0.3) is 0 Å². The quantitative estimate of drug-likeness (QED) is 0.248. The summed E-state index contributed by atoms with van der Waals surface area (Å²) < 4.78 is 5.48. The molecule has 0 unspecified atom stereocenters. The van der Waals surface area contributed by atoms with Crippen LogP contribution in [-0.4, -0.2) is 126 Å². The molecule has 0 aliphatic carbocycles. The Balaban J connectivity index is 2.57. The van der Waals surface area contributed by atoms with Crippen molar-refractivity contribution in [2.24, 2.45) is 0 Å². The predicted octanol–water partition coefficient (Wildman–Crippen LogP) is 3.84. The summed E-state index contributed by atoms with van der Waals surface area (Å²) in [5, 5.41) is 0. The standard InChI is InChI=1S/C30H57N5O5/c1-8-9-10-11-12-13-14-15-28(38)34(20-16-31(7)26(2)36)25-24-33(27(3)37)21-17-32-18-22-35(23-19-32)29(39)40-30(4,5)6/h8-25H2,1-7H3. The summed E-state index contributed by atoms with van der Waals surface area (Å²) in [6.07, 6.45) is 8.27. The van der Waals surface area contributed by atoms with E-state index in [9.17, 15) is 19.2 Å². The van der Waals surface area contributed by atoms with Gasteiger partial charge in [0.1, 0.15) is 5.60 Å². The monoisotopic (exact) mass is 567 g/mol. The highest BCUT2D eigenvalue weighted by Crippen LogP contribution is 2.13. The Kier molecular flexibility index (Phi) is 16.8. The molecule has 1 saturated heterocycles. The second-order valence-corrected chi connectivity index (χ2v) is 12.0. The fourth-order valence-electron chi connectivity index (χ4n) is 4.59. The minimum absolute atomic E-state index is 0.0206. The number of unbranched alkanes of at least 4 members (excludes halogenated alkanes) is 6. The average Bonchev–Trinajstić information content (AvgIpc) is 2.88. The lowest BCUT2D eigenvalue weighted by molar-refractivity contribution is -0.135. The Hall–Kier alpha value is -2.36. The number of carbonyl (C=O) groups is 4. The van der Waals surface area contributed by atoms with E-state index >= 15 is 0 Å². The summed E-state index contributed by atoms with van der Waals surface area (Å²) in [4.78, 5) is 58.7. The molecule has 0 bridgehead atoms. The van der Waals surface area contributed by atoms with E-state index in [2.05, 4.69) is 11.8 Å². The van der Waals surface area contributed by atoms with Crippen molar-refractivity contribution < 1.29 is 23.9 Å². The second kappa shape index (κ2) is 18.9. The highest BCUT2D eigenvalue weighted by atomic mass is 16.6. The molecule has 1 aliphatic rings. The van der Waals surface area contributed by atoms with E-state index in [4.69, 9.17) is 4.74 Å². The fraction of sp³-hybridized carbons (Fsp3) is 0.867. The van der Waals surface area contributed by atoms with Gasteiger partial charge in [-0.05, 0) is 27.2 Å². The van der Waals surface area contributed by atoms with Gasteiger partial charge in [0.2, 0.25) is 17.7 Å². The maximum Gasteiger partial charge on any atom is 0.410 e. The lowest BCUT2D eigenvalue weighted by Gasteiger charge is -2.36. The van der Waals surface area contributed by atoms with E-state index in [0.717, 1.165) is 32.4 Å². The lowest BCUT2D eigenvalue weighted by Crippen LogP contribution is -2.52. The third-order valence-electron chi connectivity index (χ3n) is 7.39. The number of carbonyl (C=O) groups excluding carboxylic acids is 4. The number of hydrogen-bond donors (Lipinski definition) is 0. The van der Waals surface area contributed by atoms with Gasteiger partial charge in [-0.1, -0.05) is 45.4 Å².